The van der Waals surface area contributed by atoms with Gasteiger partial charge in [-0.3, -0.25) is 9.59 Å². The Morgan fingerprint density at radius 3 is 2.43 bits per heavy atom. The van der Waals surface area contributed by atoms with Crippen LogP contribution in [0.3, 0.4) is 0 Å². The van der Waals surface area contributed by atoms with Crippen LogP contribution in [-0.4, -0.2) is 17.0 Å². The van der Waals surface area contributed by atoms with Crippen LogP contribution in [0.15, 0.2) is 83.4 Å². The van der Waals surface area contributed by atoms with Crippen molar-refractivity contribution in [1.29, 1.82) is 0 Å². The molecule has 4 rings (SSSR count). The number of ether oxygens (including phenoxy) is 1. The molecule has 3 aromatic carbocycles. The van der Waals surface area contributed by atoms with Crippen molar-refractivity contribution in [2.45, 2.75) is 12.5 Å². The molecule has 1 N–H and O–H groups in total. The Morgan fingerprint density at radius 2 is 1.67 bits per heavy atom. The smallest absolute Gasteiger partial charge is 0.313 e. The number of anilines is 1. The maximum absolute atomic E-state index is 13.1. The Balaban J connectivity index is 1.53. The van der Waals surface area contributed by atoms with Crippen molar-refractivity contribution in [3.8, 4) is 0 Å². The van der Waals surface area contributed by atoms with Gasteiger partial charge < -0.3 is 14.6 Å². The molecule has 0 unspecified atom stereocenters. The average Bonchev–Trinajstić information content (AvgIpc) is 3.17. The van der Waals surface area contributed by atoms with Crippen LogP contribution in [0, 0.1) is 5.82 Å². The van der Waals surface area contributed by atoms with E-state index in [1.165, 1.54) is 24.3 Å². The number of aromatic nitrogens is 1. The summed E-state index contributed by atoms with van der Waals surface area (Å²) in [6.07, 6.45) is -1.33. The topological polar surface area (TPSA) is 81.4 Å². The Hall–Kier alpha value is -4.00. The quantitative estimate of drug-likeness (QED) is 0.481. The van der Waals surface area contributed by atoms with Gasteiger partial charge in [-0.25, -0.2) is 4.39 Å². The molecule has 4 aromatic rings. The molecule has 150 valence electrons. The Morgan fingerprint density at radius 1 is 0.967 bits per heavy atom. The van der Waals surface area contributed by atoms with Crippen LogP contribution in [0.4, 0.5) is 10.1 Å². The molecule has 0 spiro atoms. The minimum atomic E-state index is -1.18. The predicted octanol–water partition coefficient (Wildman–Crippen LogP) is 4.43. The lowest BCUT2D eigenvalue weighted by atomic mass is 10.1. The van der Waals surface area contributed by atoms with Crippen LogP contribution >= 0.6 is 0 Å². The van der Waals surface area contributed by atoms with E-state index in [2.05, 4.69) is 10.5 Å². The Kier molecular flexibility index (Phi) is 5.52. The van der Waals surface area contributed by atoms with E-state index < -0.39 is 23.8 Å². The van der Waals surface area contributed by atoms with E-state index in [-0.39, 0.29) is 6.42 Å². The molecule has 0 saturated heterocycles. The number of para-hydroxylation sites is 1. The summed E-state index contributed by atoms with van der Waals surface area (Å²) >= 11 is 0. The second kappa shape index (κ2) is 8.57. The van der Waals surface area contributed by atoms with Crippen molar-refractivity contribution >= 4 is 28.5 Å². The van der Waals surface area contributed by atoms with Gasteiger partial charge in [-0.1, -0.05) is 47.6 Å². The molecule has 1 amide bonds. The molecule has 0 bridgehead atoms. The third kappa shape index (κ3) is 4.35. The van der Waals surface area contributed by atoms with E-state index in [4.69, 9.17) is 9.26 Å². The second-order valence-electron chi connectivity index (χ2n) is 6.58. The number of rotatable bonds is 6. The fourth-order valence-electron chi connectivity index (χ4n) is 3.02. The van der Waals surface area contributed by atoms with E-state index >= 15 is 0 Å². The number of halogens is 1. The number of nitrogens with one attached hydrogen (secondary N) is 1. The van der Waals surface area contributed by atoms with Crippen LogP contribution in [0.5, 0.6) is 0 Å². The highest BCUT2D eigenvalue weighted by atomic mass is 19.1. The number of benzene rings is 3. The Labute approximate surface area is 171 Å². The summed E-state index contributed by atoms with van der Waals surface area (Å²) in [5.74, 6) is -1.60. The van der Waals surface area contributed by atoms with Crippen molar-refractivity contribution in [1.82, 2.24) is 5.16 Å². The summed E-state index contributed by atoms with van der Waals surface area (Å²) in [6, 6.07) is 21.1. The molecular weight excluding hydrogens is 387 g/mol. The summed E-state index contributed by atoms with van der Waals surface area (Å²) in [6.45, 7) is 0. The monoisotopic (exact) mass is 404 g/mol. The molecule has 0 aliphatic heterocycles. The highest BCUT2D eigenvalue weighted by molar-refractivity contribution is 5.96. The maximum Gasteiger partial charge on any atom is 0.313 e. The highest BCUT2D eigenvalue weighted by Crippen LogP contribution is 2.23. The molecule has 0 fully saturated rings. The molecule has 30 heavy (non-hydrogen) atoms. The Bertz CT molecular complexity index is 1170. The lowest BCUT2D eigenvalue weighted by molar-refractivity contribution is -0.154. The van der Waals surface area contributed by atoms with Gasteiger partial charge in [0.2, 0.25) is 6.10 Å². The van der Waals surface area contributed by atoms with Gasteiger partial charge in [0.15, 0.2) is 5.58 Å². The van der Waals surface area contributed by atoms with E-state index in [0.717, 1.165) is 0 Å². The minimum absolute atomic E-state index is 0.149. The average molecular weight is 404 g/mol. The standard InChI is InChI=1S/C23H17FN2O4/c24-16-10-12-17(13-11-16)25-23(28)22(15-6-2-1-3-7-15)29-21(27)14-19-18-8-4-5-9-20(18)30-26-19/h1-13,22H,14H2,(H,25,28)/t22-/m1/s1. The summed E-state index contributed by atoms with van der Waals surface area (Å²) in [4.78, 5) is 25.4. The first-order chi connectivity index (χ1) is 14.6. The second-order valence-corrected chi connectivity index (χ2v) is 6.58. The number of carbonyl (C=O) groups is 2. The van der Waals surface area contributed by atoms with Crippen molar-refractivity contribution in [3.63, 3.8) is 0 Å². The van der Waals surface area contributed by atoms with Gasteiger partial charge in [0.05, 0.1) is 6.42 Å². The van der Waals surface area contributed by atoms with Gasteiger partial charge >= 0.3 is 5.97 Å². The largest absolute Gasteiger partial charge is 0.447 e. The summed E-state index contributed by atoms with van der Waals surface area (Å²) in [5.41, 5.74) is 1.90. The fourth-order valence-corrected chi connectivity index (χ4v) is 3.02. The number of carbonyl (C=O) groups excluding carboxylic acids is 2. The molecule has 0 radical (unpaired) electrons. The zero-order chi connectivity index (χ0) is 20.9. The maximum atomic E-state index is 13.1. The van der Waals surface area contributed by atoms with Crippen molar-refractivity contribution in [2.24, 2.45) is 0 Å². The van der Waals surface area contributed by atoms with Crippen LogP contribution in [0.25, 0.3) is 11.0 Å². The van der Waals surface area contributed by atoms with Crippen LogP contribution < -0.4 is 5.32 Å². The third-order valence-electron chi connectivity index (χ3n) is 4.47. The van der Waals surface area contributed by atoms with Gasteiger partial charge in [0, 0.05) is 16.6 Å². The van der Waals surface area contributed by atoms with E-state index in [1.54, 1.807) is 48.5 Å². The number of hydrogen-bond donors (Lipinski definition) is 1. The molecule has 0 aliphatic carbocycles. The molecule has 1 aromatic heterocycles. The number of fused-ring (bicyclic) bond motifs is 1. The SMILES string of the molecule is O=C(Cc1noc2ccccc12)O[C@@H](C(=O)Nc1ccc(F)cc1)c1ccccc1. The zero-order valence-electron chi connectivity index (χ0n) is 15.7. The van der Waals surface area contributed by atoms with Crippen molar-refractivity contribution in [3.05, 3.63) is 95.9 Å². The third-order valence-corrected chi connectivity index (χ3v) is 4.47. The first-order valence-electron chi connectivity index (χ1n) is 9.24. The van der Waals surface area contributed by atoms with Gasteiger partial charge in [-0.15, -0.1) is 0 Å². The molecule has 6 nitrogen and oxygen atoms in total. The number of amides is 1. The van der Waals surface area contributed by atoms with E-state index in [1.807, 2.05) is 6.07 Å². The zero-order valence-corrected chi connectivity index (χ0v) is 15.7. The summed E-state index contributed by atoms with van der Waals surface area (Å²) in [7, 11) is 0. The first-order valence-corrected chi connectivity index (χ1v) is 9.24. The normalized spacial score (nSPS) is 11.8. The van der Waals surface area contributed by atoms with Gasteiger partial charge in [-0.2, -0.15) is 0 Å². The fraction of sp³-hybridized carbons (Fsp3) is 0.0870. The van der Waals surface area contributed by atoms with Crippen molar-refractivity contribution < 1.29 is 23.2 Å². The molecular formula is C23H17FN2O4. The van der Waals surface area contributed by atoms with Gasteiger partial charge in [-0.05, 0) is 36.4 Å². The van der Waals surface area contributed by atoms with Crippen LogP contribution in [0.2, 0.25) is 0 Å². The van der Waals surface area contributed by atoms with Gasteiger partial charge in [0.1, 0.15) is 11.5 Å². The summed E-state index contributed by atoms with van der Waals surface area (Å²) < 4.78 is 23.8. The van der Waals surface area contributed by atoms with Crippen molar-refractivity contribution in [2.75, 3.05) is 5.32 Å². The molecule has 0 aliphatic rings. The van der Waals surface area contributed by atoms with E-state index in [0.29, 0.717) is 27.9 Å². The van der Waals surface area contributed by atoms with Crippen LogP contribution in [-0.2, 0) is 20.7 Å². The van der Waals surface area contributed by atoms with Crippen LogP contribution in [0.1, 0.15) is 17.4 Å². The highest BCUT2D eigenvalue weighted by Gasteiger charge is 2.26. The lowest BCUT2D eigenvalue weighted by Crippen LogP contribution is -2.26. The summed E-state index contributed by atoms with van der Waals surface area (Å²) in [5, 5.41) is 7.28. The van der Waals surface area contributed by atoms with Gasteiger partial charge in [0.25, 0.3) is 5.91 Å². The molecule has 1 heterocycles. The lowest BCUT2D eigenvalue weighted by Gasteiger charge is -2.18. The van der Waals surface area contributed by atoms with E-state index in [9.17, 15) is 14.0 Å². The predicted molar refractivity (Wildman–Crippen MR) is 108 cm³/mol. The number of hydrogen-bond acceptors (Lipinski definition) is 5. The molecule has 1 atom stereocenters. The molecule has 0 saturated carbocycles. The first kappa shape index (κ1) is 19.3. The number of esters is 1. The number of nitrogens with zero attached hydrogens (tertiary/aromatic N) is 1. The molecule has 7 heteroatoms. The minimum Gasteiger partial charge on any atom is -0.447 e.